The fraction of sp³-hybridized carbons (Fsp3) is 0.667. The molecule has 0 aromatic heterocycles. The zero-order valence-electron chi connectivity index (χ0n) is 12.7. The fourth-order valence-electron chi connectivity index (χ4n) is 3.52. The Bertz CT molecular complexity index is 421. The smallest absolute Gasteiger partial charge is 0.123 e. The van der Waals surface area contributed by atoms with E-state index in [1.54, 1.807) is 12.1 Å². The van der Waals surface area contributed by atoms with Gasteiger partial charge in [-0.25, -0.2) is 4.39 Å². The molecule has 1 aromatic carbocycles. The normalized spacial score (nSPS) is 24.6. The molecule has 112 valence electrons. The summed E-state index contributed by atoms with van der Waals surface area (Å²) in [5.41, 5.74) is 2.03. The Hall–Kier alpha value is -0.890. The van der Waals surface area contributed by atoms with Gasteiger partial charge in [0.2, 0.25) is 0 Å². The quantitative estimate of drug-likeness (QED) is 0.831. The largest absolute Gasteiger partial charge is 0.392 e. The molecule has 1 aliphatic rings. The molecule has 0 bridgehead atoms. The number of aliphatic hydroxyl groups excluding tert-OH is 1. The highest BCUT2D eigenvalue weighted by Crippen LogP contribution is 2.34. The van der Waals surface area contributed by atoms with E-state index in [4.69, 9.17) is 0 Å². The fourth-order valence-corrected chi connectivity index (χ4v) is 3.52. The van der Waals surface area contributed by atoms with Gasteiger partial charge in [-0.1, -0.05) is 38.7 Å². The molecule has 0 spiro atoms. The molecule has 2 rings (SSSR count). The number of aliphatic hydroxyl groups is 1. The van der Waals surface area contributed by atoms with Crippen molar-refractivity contribution in [2.45, 2.75) is 64.9 Å². The van der Waals surface area contributed by atoms with Crippen LogP contribution in [0.25, 0.3) is 0 Å². The molecular formula is C18H27FO. The SMILES string of the molecule is CCCC1CCC(C(O)Cc2cc(F)ccc2C)CC1. The average Bonchev–Trinajstić information content (AvgIpc) is 2.44. The summed E-state index contributed by atoms with van der Waals surface area (Å²) in [6.07, 6.45) is 7.60. The Morgan fingerprint density at radius 2 is 1.95 bits per heavy atom. The van der Waals surface area contributed by atoms with Crippen molar-refractivity contribution in [2.24, 2.45) is 11.8 Å². The van der Waals surface area contributed by atoms with Gasteiger partial charge in [0, 0.05) is 0 Å². The van der Waals surface area contributed by atoms with Crippen molar-refractivity contribution in [3.63, 3.8) is 0 Å². The zero-order valence-corrected chi connectivity index (χ0v) is 12.7. The van der Waals surface area contributed by atoms with Gasteiger partial charge in [0.15, 0.2) is 0 Å². The number of aryl methyl sites for hydroxylation is 1. The van der Waals surface area contributed by atoms with Crippen LogP contribution in [0, 0.1) is 24.6 Å². The van der Waals surface area contributed by atoms with Crippen LogP contribution in [0.4, 0.5) is 4.39 Å². The van der Waals surface area contributed by atoms with Crippen molar-refractivity contribution in [3.05, 3.63) is 35.1 Å². The minimum atomic E-state index is -0.321. The van der Waals surface area contributed by atoms with Crippen LogP contribution in [0.5, 0.6) is 0 Å². The summed E-state index contributed by atoms with van der Waals surface area (Å²) < 4.78 is 13.3. The Morgan fingerprint density at radius 3 is 2.60 bits per heavy atom. The standard InChI is InChI=1S/C18H27FO/c1-3-4-14-6-8-15(9-7-14)18(20)12-16-11-17(19)10-5-13(16)2/h5,10-11,14-15,18,20H,3-4,6-9,12H2,1-2H3. The second-order valence-corrected chi connectivity index (χ2v) is 6.41. The number of rotatable bonds is 5. The Morgan fingerprint density at radius 1 is 1.25 bits per heavy atom. The van der Waals surface area contributed by atoms with Crippen LogP contribution in [0.15, 0.2) is 18.2 Å². The van der Waals surface area contributed by atoms with Gasteiger partial charge in [-0.05, 0) is 61.3 Å². The minimum Gasteiger partial charge on any atom is -0.392 e. The van der Waals surface area contributed by atoms with E-state index in [2.05, 4.69) is 6.92 Å². The van der Waals surface area contributed by atoms with E-state index in [1.165, 1.54) is 31.7 Å². The highest BCUT2D eigenvalue weighted by molar-refractivity contribution is 5.27. The predicted octanol–water partition coefficient (Wildman–Crippen LogP) is 4.64. The molecule has 0 radical (unpaired) electrons. The van der Waals surface area contributed by atoms with Crippen molar-refractivity contribution in [1.82, 2.24) is 0 Å². The molecule has 1 fully saturated rings. The monoisotopic (exact) mass is 278 g/mol. The van der Waals surface area contributed by atoms with Crippen LogP contribution in [-0.2, 0) is 6.42 Å². The van der Waals surface area contributed by atoms with Crippen LogP contribution in [0.3, 0.4) is 0 Å². The van der Waals surface area contributed by atoms with Crippen molar-refractivity contribution >= 4 is 0 Å². The summed E-state index contributed by atoms with van der Waals surface area (Å²) in [6, 6.07) is 4.86. The topological polar surface area (TPSA) is 20.2 Å². The third kappa shape index (κ3) is 4.05. The van der Waals surface area contributed by atoms with Gasteiger partial charge in [-0.2, -0.15) is 0 Å². The van der Waals surface area contributed by atoms with Gasteiger partial charge in [0.25, 0.3) is 0 Å². The van der Waals surface area contributed by atoms with Crippen molar-refractivity contribution < 1.29 is 9.50 Å². The Balaban J connectivity index is 1.89. The Labute approximate surface area is 122 Å². The number of halogens is 1. The summed E-state index contributed by atoms with van der Waals surface area (Å²) >= 11 is 0. The van der Waals surface area contributed by atoms with Gasteiger partial charge in [0.05, 0.1) is 6.10 Å². The lowest BCUT2D eigenvalue weighted by atomic mass is 9.76. The first kappa shape index (κ1) is 15.5. The minimum absolute atomic E-state index is 0.204. The van der Waals surface area contributed by atoms with Gasteiger partial charge in [0.1, 0.15) is 5.82 Å². The van der Waals surface area contributed by atoms with E-state index in [1.807, 2.05) is 6.92 Å². The lowest BCUT2D eigenvalue weighted by Gasteiger charge is -2.31. The van der Waals surface area contributed by atoms with Crippen molar-refractivity contribution in [3.8, 4) is 0 Å². The van der Waals surface area contributed by atoms with E-state index in [0.29, 0.717) is 12.3 Å². The lowest BCUT2D eigenvalue weighted by molar-refractivity contribution is 0.0726. The molecule has 1 aliphatic carbocycles. The summed E-state index contributed by atoms with van der Waals surface area (Å²) in [7, 11) is 0. The van der Waals surface area contributed by atoms with Crippen LogP contribution in [-0.4, -0.2) is 11.2 Å². The third-order valence-corrected chi connectivity index (χ3v) is 4.87. The summed E-state index contributed by atoms with van der Waals surface area (Å²) in [4.78, 5) is 0. The predicted molar refractivity (Wildman–Crippen MR) is 81.2 cm³/mol. The second-order valence-electron chi connectivity index (χ2n) is 6.41. The van der Waals surface area contributed by atoms with Crippen molar-refractivity contribution in [2.75, 3.05) is 0 Å². The molecule has 1 unspecified atom stereocenters. The lowest BCUT2D eigenvalue weighted by Crippen LogP contribution is -2.27. The maximum Gasteiger partial charge on any atom is 0.123 e. The molecule has 1 nitrogen and oxygen atoms in total. The molecule has 20 heavy (non-hydrogen) atoms. The molecule has 0 amide bonds. The van der Waals surface area contributed by atoms with Gasteiger partial charge < -0.3 is 5.11 Å². The molecule has 2 heteroatoms. The first-order valence-electron chi connectivity index (χ1n) is 8.03. The summed E-state index contributed by atoms with van der Waals surface area (Å²) in [5, 5.41) is 10.4. The summed E-state index contributed by atoms with van der Waals surface area (Å²) in [5.74, 6) is 1.05. The summed E-state index contributed by atoms with van der Waals surface area (Å²) in [6.45, 7) is 4.23. The molecule has 0 aliphatic heterocycles. The average molecular weight is 278 g/mol. The zero-order chi connectivity index (χ0) is 14.5. The second kappa shape index (κ2) is 7.21. The van der Waals surface area contributed by atoms with Gasteiger partial charge >= 0.3 is 0 Å². The van der Waals surface area contributed by atoms with E-state index in [-0.39, 0.29) is 11.9 Å². The van der Waals surface area contributed by atoms with E-state index in [0.717, 1.165) is 29.9 Å². The highest BCUT2D eigenvalue weighted by atomic mass is 19.1. The molecule has 1 N–H and O–H groups in total. The molecule has 1 atom stereocenters. The molecule has 1 aromatic rings. The number of hydrogen-bond donors (Lipinski definition) is 1. The maximum absolute atomic E-state index is 13.3. The van der Waals surface area contributed by atoms with Crippen LogP contribution >= 0.6 is 0 Å². The van der Waals surface area contributed by atoms with E-state index >= 15 is 0 Å². The van der Waals surface area contributed by atoms with Crippen LogP contribution in [0.2, 0.25) is 0 Å². The Kier molecular flexibility index (Phi) is 5.59. The van der Waals surface area contributed by atoms with Crippen LogP contribution in [0.1, 0.15) is 56.6 Å². The molecule has 1 saturated carbocycles. The van der Waals surface area contributed by atoms with Crippen LogP contribution < -0.4 is 0 Å². The first-order valence-corrected chi connectivity index (χ1v) is 8.03. The highest BCUT2D eigenvalue weighted by Gasteiger charge is 2.26. The van der Waals surface area contributed by atoms with Gasteiger partial charge in [-0.3, -0.25) is 0 Å². The number of hydrogen-bond acceptors (Lipinski definition) is 1. The molecule has 0 heterocycles. The molecule has 0 saturated heterocycles. The molecular weight excluding hydrogens is 251 g/mol. The first-order chi connectivity index (χ1) is 9.60. The maximum atomic E-state index is 13.3. The van der Waals surface area contributed by atoms with E-state index in [9.17, 15) is 9.50 Å². The van der Waals surface area contributed by atoms with Crippen molar-refractivity contribution in [1.29, 1.82) is 0 Å². The van der Waals surface area contributed by atoms with Gasteiger partial charge in [-0.15, -0.1) is 0 Å². The third-order valence-electron chi connectivity index (χ3n) is 4.87. The number of benzene rings is 1. The van der Waals surface area contributed by atoms with E-state index < -0.39 is 0 Å².